The maximum atomic E-state index is 13.0. The second-order valence-corrected chi connectivity index (χ2v) is 4.63. The van der Waals surface area contributed by atoms with Crippen LogP contribution >= 0.6 is 0 Å². The van der Waals surface area contributed by atoms with Crippen LogP contribution in [0.3, 0.4) is 0 Å². The van der Waals surface area contributed by atoms with Crippen molar-refractivity contribution in [3.63, 3.8) is 0 Å². The van der Waals surface area contributed by atoms with Gasteiger partial charge in [-0.05, 0) is 38.1 Å². The number of aromatic hydroxyl groups is 1. The van der Waals surface area contributed by atoms with Crippen LogP contribution in [0.4, 0.5) is 4.39 Å². The van der Waals surface area contributed by atoms with Gasteiger partial charge in [-0.15, -0.1) is 0 Å². The first kappa shape index (κ1) is 11.4. The summed E-state index contributed by atoms with van der Waals surface area (Å²) in [5, 5.41) is 9.63. The highest BCUT2D eigenvalue weighted by Gasteiger charge is 2.20. The van der Waals surface area contributed by atoms with Crippen molar-refractivity contribution in [3.8, 4) is 5.75 Å². The SMILES string of the molecule is CN(Cc1cc(F)ccc1O)C1CCCC1. The molecule has 0 amide bonds. The lowest BCUT2D eigenvalue weighted by Gasteiger charge is -2.24. The van der Waals surface area contributed by atoms with E-state index >= 15 is 0 Å². The van der Waals surface area contributed by atoms with E-state index in [0.29, 0.717) is 18.2 Å². The molecule has 1 aromatic carbocycles. The molecule has 0 atom stereocenters. The van der Waals surface area contributed by atoms with Crippen molar-refractivity contribution in [1.29, 1.82) is 0 Å². The fraction of sp³-hybridized carbons (Fsp3) is 0.538. The zero-order chi connectivity index (χ0) is 11.5. The van der Waals surface area contributed by atoms with Crippen LogP contribution in [-0.4, -0.2) is 23.1 Å². The summed E-state index contributed by atoms with van der Waals surface area (Å²) < 4.78 is 13.0. The molecule has 3 heteroatoms. The third-order valence-electron chi connectivity index (χ3n) is 3.41. The topological polar surface area (TPSA) is 23.5 Å². The molecule has 0 saturated heterocycles. The van der Waals surface area contributed by atoms with E-state index in [1.165, 1.54) is 43.9 Å². The van der Waals surface area contributed by atoms with Gasteiger partial charge in [-0.25, -0.2) is 4.39 Å². The average Bonchev–Trinajstić information content (AvgIpc) is 2.76. The van der Waals surface area contributed by atoms with Crippen LogP contribution in [0.15, 0.2) is 18.2 Å². The standard InChI is InChI=1S/C13H18FNO/c1-15(12-4-2-3-5-12)9-10-8-11(14)6-7-13(10)16/h6-8,12,16H,2-5,9H2,1H3. The second kappa shape index (κ2) is 4.83. The number of halogens is 1. The van der Waals surface area contributed by atoms with Crippen molar-refractivity contribution in [2.75, 3.05) is 7.05 Å². The number of hydrogen-bond acceptors (Lipinski definition) is 2. The molecule has 2 nitrogen and oxygen atoms in total. The van der Waals surface area contributed by atoms with E-state index < -0.39 is 0 Å². The predicted molar refractivity (Wildman–Crippen MR) is 61.8 cm³/mol. The van der Waals surface area contributed by atoms with Crippen LogP contribution in [0.1, 0.15) is 31.2 Å². The van der Waals surface area contributed by atoms with Gasteiger partial charge in [0.05, 0.1) is 0 Å². The molecule has 1 aliphatic carbocycles. The highest BCUT2D eigenvalue weighted by molar-refractivity contribution is 5.32. The van der Waals surface area contributed by atoms with Gasteiger partial charge in [-0.3, -0.25) is 4.90 Å². The highest BCUT2D eigenvalue weighted by Crippen LogP contribution is 2.26. The average molecular weight is 223 g/mol. The number of phenols is 1. The van der Waals surface area contributed by atoms with Gasteiger partial charge in [0.15, 0.2) is 0 Å². The molecule has 1 aromatic rings. The fourth-order valence-electron chi connectivity index (χ4n) is 2.42. The van der Waals surface area contributed by atoms with Gasteiger partial charge in [0, 0.05) is 18.2 Å². The minimum absolute atomic E-state index is 0.186. The molecule has 0 bridgehead atoms. The van der Waals surface area contributed by atoms with E-state index in [4.69, 9.17) is 0 Å². The molecular weight excluding hydrogens is 205 g/mol. The Morgan fingerprint density at radius 2 is 2.06 bits per heavy atom. The number of rotatable bonds is 3. The van der Waals surface area contributed by atoms with Crippen LogP contribution in [0, 0.1) is 5.82 Å². The first-order chi connectivity index (χ1) is 7.66. The minimum atomic E-state index is -0.285. The van der Waals surface area contributed by atoms with Crippen LogP contribution in [-0.2, 0) is 6.54 Å². The zero-order valence-electron chi connectivity index (χ0n) is 9.62. The molecule has 1 fully saturated rings. The summed E-state index contributed by atoms with van der Waals surface area (Å²) in [7, 11) is 2.04. The van der Waals surface area contributed by atoms with Gasteiger partial charge < -0.3 is 5.11 Å². The quantitative estimate of drug-likeness (QED) is 0.851. The molecule has 1 N–H and O–H groups in total. The largest absolute Gasteiger partial charge is 0.508 e. The molecule has 0 aliphatic heterocycles. The summed E-state index contributed by atoms with van der Waals surface area (Å²) in [5.41, 5.74) is 0.675. The summed E-state index contributed by atoms with van der Waals surface area (Å²) in [6.45, 7) is 0.619. The van der Waals surface area contributed by atoms with Gasteiger partial charge in [-0.1, -0.05) is 12.8 Å². The highest BCUT2D eigenvalue weighted by atomic mass is 19.1. The van der Waals surface area contributed by atoms with E-state index in [-0.39, 0.29) is 11.6 Å². The molecule has 88 valence electrons. The first-order valence-electron chi connectivity index (χ1n) is 5.84. The number of phenolic OH excluding ortho intramolecular Hbond substituents is 1. The van der Waals surface area contributed by atoms with Crippen LogP contribution in [0.25, 0.3) is 0 Å². The number of hydrogen-bond donors (Lipinski definition) is 1. The third kappa shape index (κ3) is 2.53. The van der Waals surface area contributed by atoms with E-state index in [9.17, 15) is 9.50 Å². The predicted octanol–water partition coefficient (Wildman–Crippen LogP) is 2.91. The van der Waals surface area contributed by atoms with Crippen molar-refractivity contribution in [2.45, 2.75) is 38.3 Å². The van der Waals surface area contributed by atoms with Crippen molar-refractivity contribution in [3.05, 3.63) is 29.6 Å². The van der Waals surface area contributed by atoms with E-state index in [1.807, 2.05) is 7.05 Å². The lowest BCUT2D eigenvalue weighted by Crippen LogP contribution is -2.28. The van der Waals surface area contributed by atoms with Gasteiger partial charge in [0.2, 0.25) is 0 Å². The van der Waals surface area contributed by atoms with E-state index in [1.54, 1.807) is 0 Å². The van der Waals surface area contributed by atoms with Crippen LogP contribution in [0.2, 0.25) is 0 Å². The molecule has 1 saturated carbocycles. The smallest absolute Gasteiger partial charge is 0.123 e. The molecule has 0 heterocycles. The first-order valence-corrected chi connectivity index (χ1v) is 5.84. The van der Waals surface area contributed by atoms with E-state index in [2.05, 4.69) is 4.90 Å². The molecule has 0 aromatic heterocycles. The monoisotopic (exact) mass is 223 g/mol. The normalized spacial score (nSPS) is 17.2. The Labute approximate surface area is 95.7 Å². The Morgan fingerprint density at radius 1 is 1.38 bits per heavy atom. The Bertz CT molecular complexity index is 361. The van der Waals surface area contributed by atoms with Crippen molar-refractivity contribution >= 4 is 0 Å². The van der Waals surface area contributed by atoms with Crippen molar-refractivity contribution in [2.24, 2.45) is 0 Å². The zero-order valence-corrected chi connectivity index (χ0v) is 9.62. The van der Waals surface area contributed by atoms with Gasteiger partial charge in [0.1, 0.15) is 11.6 Å². The molecule has 2 rings (SSSR count). The van der Waals surface area contributed by atoms with Crippen molar-refractivity contribution < 1.29 is 9.50 Å². The summed E-state index contributed by atoms with van der Waals surface area (Å²) >= 11 is 0. The third-order valence-corrected chi connectivity index (χ3v) is 3.41. The Kier molecular flexibility index (Phi) is 3.44. The lowest BCUT2D eigenvalue weighted by molar-refractivity contribution is 0.234. The summed E-state index contributed by atoms with van der Waals surface area (Å²) in [4.78, 5) is 2.21. The molecule has 16 heavy (non-hydrogen) atoms. The summed E-state index contributed by atoms with van der Waals surface area (Å²) in [6.07, 6.45) is 4.99. The Morgan fingerprint density at radius 3 is 2.75 bits per heavy atom. The minimum Gasteiger partial charge on any atom is -0.508 e. The van der Waals surface area contributed by atoms with E-state index in [0.717, 1.165) is 0 Å². The number of benzene rings is 1. The molecule has 0 spiro atoms. The van der Waals surface area contributed by atoms with Crippen LogP contribution < -0.4 is 0 Å². The molecule has 0 unspecified atom stereocenters. The lowest BCUT2D eigenvalue weighted by atomic mass is 10.1. The molecule has 0 radical (unpaired) electrons. The molecular formula is C13H18FNO. The maximum Gasteiger partial charge on any atom is 0.123 e. The van der Waals surface area contributed by atoms with Gasteiger partial charge in [-0.2, -0.15) is 0 Å². The van der Waals surface area contributed by atoms with Crippen molar-refractivity contribution in [1.82, 2.24) is 4.90 Å². The maximum absolute atomic E-state index is 13.0. The van der Waals surface area contributed by atoms with Gasteiger partial charge in [0.25, 0.3) is 0 Å². The summed E-state index contributed by atoms with van der Waals surface area (Å²) in [6, 6.07) is 4.71. The Hall–Kier alpha value is -1.09. The second-order valence-electron chi connectivity index (χ2n) is 4.63. The summed E-state index contributed by atoms with van der Waals surface area (Å²) in [5.74, 6) is -0.0983. The number of nitrogens with zero attached hydrogens (tertiary/aromatic N) is 1. The fourth-order valence-corrected chi connectivity index (χ4v) is 2.42. The van der Waals surface area contributed by atoms with Gasteiger partial charge >= 0.3 is 0 Å². The molecule has 1 aliphatic rings. The Balaban J connectivity index is 2.04. The van der Waals surface area contributed by atoms with Crippen LogP contribution in [0.5, 0.6) is 5.75 Å².